The number of nitrogens with zero attached hydrogens (tertiary/aromatic N) is 2. The highest BCUT2D eigenvalue weighted by molar-refractivity contribution is 5.92. The summed E-state index contributed by atoms with van der Waals surface area (Å²) in [4.78, 5) is 12.8. The van der Waals surface area contributed by atoms with Gasteiger partial charge >= 0.3 is 0 Å². The summed E-state index contributed by atoms with van der Waals surface area (Å²) in [6.45, 7) is 3.09. The van der Waals surface area contributed by atoms with E-state index in [1.54, 1.807) is 28.9 Å². The number of hydrogen-bond donors (Lipinski definition) is 1. The van der Waals surface area contributed by atoms with Crippen LogP contribution in [0, 0.1) is 5.82 Å². The molecule has 160 valence electrons. The molecule has 0 aliphatic carbocycles. The highest BCUT2D eigenvalue weighted by Gasteiger charge is 2.28. The van der Waals surface area contributed by atoms with Gasteiger partial charge in [-0.05, 0) is 36.1 Å². The molecule has 1 N–H and O–H groups in total. The first-order valence-electron chi connectivity index (χ1n) is 10.6. The molecular formula is C24H24FN3O3. The number of benzene rings is 2. The Morgan fingerprint density at radius 1 is 1.26 bits per heavy atom. The van der Waals surface area contributed by atoms with Crippen LogP contribution in [-0.4, -0.2) is 28.3 Å². The van der Waals surface area contributed by atoms with Crippen LogP contribution in [-0.2, 0) is 19.4 Å². The summed E-state index contributed by atoms with van der Waals surface area (Å²) in [7, 11) is 0. The van der Waals surface area contributed by atoms with E-state index in [1.807, 2.05) is 6.07 Å². The molecule has 0 radical (unpaired) electrons. The van der Waals surface area contributed by atoms with E-state index < -0.39 is 6.10 Å². The fourth-order valence-corrected chi connectivity index (χ4v) is 4.18. The first-order valence-corrected chi connectivity index (χ1v) is 10.6. The molecule has 0 saturated carbocycles. The number of amides is 1. The van der Waals surface area contributed by atoms with Crippen LogP contribution in [0.15, 0.2) is 48.5 Å². The van der Waals surface area contributed by atoms with Crippen molar-refractivity contribution in [3.05, 3.63) is 76.7 Å². The van der Waals surface area contributed by atoms with Gasteiger partial charge in [-0.2, -0.15) is 5.10 Å². The summed E-state index contributed by atoms with van der Waals surface area (Å²) < 4.78 is 27.6. The molecule has 2 unspecified atom stereocenters. The van der Waals surface area contributed by atoms with Crippen LogP contribution in [0.5, 0.6) is 11.6 Å². The van der Waals surface area contributed by atoms with E-state index in [9.17, 15) is 9.18 Å². The zero-order valence-corrected chi connectivity index (χ0v) is 17.3. The standard InChI is InChI=1S/C24H24FN3O3/c1-2-15-7-8-21-16(11-15)12-17(14-30-21)26-24(29)20-13-23-28(27-20)10-9-22(31-23)18-5-3-4-6-19(18)25/h3-8,11,13,17,22H,2,9-10,12,14H2,1H3,(H,26,29). The lowest BCUT2D eigenvalue weighted by molar-refractivity contribution is 0.0909. The van der Waals surface area contributed by atoms with Gasteiger partial charge in [-0.1, -0.05) is 37.3 Å². The molecule has 0 saturated heterocycles. The van der Waals surface area contributed by atoms with Gasteiger partial charge in [0.2, 0.25) is 5.88 Å². The van der Waals surface area contributed by atoms with Gasteiger partial charge < -0.3 is 14.8 Å². The van der Waals surface area contributed by atoms with Crippen molar-refractivity contribution in [3.8, 4) is 11.6 Å². The number of carbonyl (C=O) groups excluding carboxylic acids is 1. The van der Waals surface area contributed by atoms with Crippen molar-refractivity contribution in [2.45, 2.75) is 44.9 Å². The number of rotatable bonds is 4. The van der Waals surface area contributed by atoms with Crippen LogP contribution in [0.1, 0.15) is 46.6 Å². The molecule has 6 nitrogen and oxygen atoms in total. The largest absolute Gasteiger partial charge is 0.491 e. The molecule has 0 spiro atoms. The number of nitrogens with one attached hydrogen (secondary N) is 1. The van der Waals surface area contributed by atoms with Gasteiger partial charge in [0.05, 0.1) is 6.04 Å². The first-order chi connectivity index (χ1) is 15.1. The van der Waals surface area contributed by atoms with Gasteiger partial charge in [-0.25, -0.2) is 9.07 Å². The number of hydrogen-bond acceptors (Lipinski definition) is 4. The SMILES string of the molecule is CCc1ccc2c(c1)CC(NC(=O)c1cc3n(n1)CCC(c1ccccc1F)O3)CO2. The Morgan fingerprint density at radius 2 is 2.13 bits per heavy atom. The van der Waals surface area contributed by atoms with Crippen molar-refractivity contribution in [1.82, 2.24) is 15.1 Å². The summed E-state index contributed by atoms with van der Waals surface area (Å²) in [5.41, 5.74) is 3.16. The Labute approximate surface area is 180 Å². The maximum absolute atomic E-state index is 14.1. The monoisotopic (exact) mass is 421 g/mol. The van der Waals surface area contributed by atoms with Gasteiger partial charge in [0, 0.05) is 24.6 Å². The van der Waals surface area contributed by atoms with E-state index >= 15 is 0 Å². The van der Waals surface area contributed by atoms with Crippen molar-refractivity contribution in [3.63, 3.8) is 0 Å². The molecule has 0 bridgehead atoms. The Kier molecular flexibility index (Phi) is 5.10. The van der Waals surface area contributed by atoms with E-state index in [-0.39, 0.29) is 23.5 Å². The summed E-state index contributed by atoms with van der Waals surface area (Å²) in [5, 5.41) is 7.40. The molecule has 3 aromatic rings. The summed E-state index contributed by atoms with van der Waals surface area (Å²) in [6.07, 6.45) is 1.87. The van der Waals surface area contributed by atoms with Crippen LogP contribution in [0.2, 0.25) is 0 Å². The maximum atomic E-state index is 14.1. The van der Waals surface area contributed by atoms with Crippen molar-refractivity contribution in [2.24, 2.45) is 0 Å². The molecule has 1 amide bonds. The van der Waals surface area contributed by atoms with Gasteiger partial charge in [0.15, 0.2) is 5.69 Å². The van der Waals surface area contributed by atoms with Gasteiger partial charge in [0.1, 0.15) is 24.3 Å². The zero-order chi connectivity index (χ0) is 21.4. The molecule has 7 heteroatoms. The lowest BCUT2D eigenvalue weighted by atomic mass is 9.99. The third-order valence-electron chi connectivity index (χ3n) is 5.87. The summed E-state index contributed by atoms with van der Waals surface area (Å²) in [6, 6.07) is 14.3. The maximum Gasteiger partial charge on any atom is 0.272 e. The van der Waals surface area contributed by atoms with Gasteiger partial charge in [-0.3, -0.25) is 4.79 Å². The summed E-state index contributed by atoms with van der Waals surface area (Å²) in [5.74, 6) is 0.800. The minimum absolute atomic E-state index is 0.127. The zero-order valence-electron chi connectivity index (χ0n) is 17.3. The normalized spacial score (nSPS) is 19.5. The molecule has 0 fully saturated rings. The molecule has 3 heterocycles. The second kappa shape index (κ2) is 8.06. The average molecular weight is 421 g/mol. The highest BCUT2D eigenvalue weighted by atomic mass is 19.1. The molecule has 2 atom stereocenters. The molecule has 2 aliphatic heterocycles. The van der Waals surface area contributed by atoms with Gasteiger partial charge in [0.25, 0.3) is 5.91 Å². The van der Waals surface area contributed by atoms with Crippen molar-refractivity contribution >= 4 is 5.91 Å². The smallest absolute Gasteiger partial charge is 0.272 e. The molecule has 5 rings (SSSR count). The minimum Gasteiger partial charge on any atom is -0.491 e. The molecule has 2 aliphatic rings. The van der Waals surface area contributed by atoms with E-state index in [0.717, 1.165) is 17.7 Å². The van der Waals surface area contributed by atoms with E-state index in [4.69, 9.17) is 9.47 Å². The van der Waals surface area contributed by atoms with E-state index in [1.165, 1.54) is 11.6 Å². The van der Waals surface area contributed by atoms with Crippen molar-refractivity contribution < 1.29 is 18.7 Å². The molecule has 2 aromatic carbocycles. The lowest BCUT2D eigenvalue weighted by Gasteiger charge is -2.26. The quantitative estimate of drug-likeness (QED) is 0.695. The first kappa shape index (κ1) is 19.6. The predicted octanol–water partition coefficient (Wildman–Crippen LogP) is 3.84. The fraction of sp³-hybridized carbons (Fsp3) is 0.333. The summed E-state index contributed by atoms with van der Waals surface area (Å²) >= 11 is 0. The van der Waals surface area contributed by atoms with Crippen LogP contribution in [0.3, 0.4) is 0 Å². The number of ether oxygens (including phenoxy) is 2. The number of fused-ring (bicyclic) bond motifs is 2. The molecule has 1 aromatic heterocycles. The third-order valence-corrected chi connectivity index (χ3v) is 5.87. The number of aryl methyl sites for hydroxylation is 2. The third kappa shape index (κ3) is 3.87. The average Bonchev–Trinajstić information content (AvgIpc) is 3.22. The minimum atomic E-state index is -0.391. The van der Waals surface area contributed by atoms with Crippen molar-refractivity contribution in [2.75, 3.05) is 6.61 Å². The second-order valence-electron chi connectivity index (χ2n) is 7.99. The van der Waals surface area contributed by atoms with E-state index in [2.05, 4.69) is 29.5 Å². The number of carbonyl (C=O) groups is 1. The highest BCUT2D eigenvalue weighted by Crippen LogP contribution is 2.32. The number of halogens is 1. The van der Waals surface area contributed by atoms with Crippen molar-refractivity contribution in [1.29, 1.82) is 0 Å². The topological polar surface area (TPSA) is 65.4 Å². The Bertz CT molecular complexity index is 1130. The van der Waals surface area contributed by atoms with E-state index in [0.29, 0.717) is 37.4 Å². The van der Waals surface area contributed by atoms with Crippen LogP contribution < -0.4 is 14.8 Å². The fourth-order valence-electron chi connectivity index (χ4n) is 4.18. The Hall–Kier alpha value is -3.35. The Morgan fingerprint density at radius 3 is 2.97 bits per heavy atom. The van der Waals surface area contributed by atoms with Crippen LogP contribution >= 0.6 is 0 Å². The predicted molar refractivity (Wildman–Crippen MR) is 113 cm³/mol. The lowest BCUT2D eigenvalue weighted by Crippen LogP contribution is -2.42. The molecular weight excluding hydrogens is 397 g/mol. The van der Waals surface area contributed by atoms with Crippen LogP contribution in [0.25, 0.3) is 0 Å². The van der Waals surface area contributed by atoms with Gasteiger partial charge in [-0.15, -0.1) is 0 Å². The van der Waals surface area contributed by atoms with Crippen LogP contribution in [0.4, 0.5) is 4.39 Å². The second-order valence-corrected chi connectivity index (χ2v) is 7.99. The molecule has 31 heavy (non-hydrogen) atoms. The number of aromatic nitrogens is 2. The Balaban J connectivity index is 1.27.